The number of likely N-dealkylation sites (N-methyl/N-ethyl adjacent to an activating group) is 1. The maximum absolute atomic E-state index is 11.2. The molecule has 2 aromatic carbocycles. The average Bonchev–Trinajstić information content (AvgIpc) is 2.53. The normalized spacial score (nSPS) is 10.6. The van der Waals surface area contributed by atoms with Crippen LogP contribution in [0.1, 0.15) is 11.1 Å². The Morgan fingerprint density at radius 3 is 2.64 bits per heavy atom. The fourth-order valence-electron chi connectivity index (χ4n) is 1.80. The molecule has 0 aliphatic heterocycles. The predicted molar refractivity (Wildman–Crippen MR) is 89.7 cm³/mol. The van der Waals surface area contributed by atoms with Gasteiger partial charge in [0, 0.05) is 18.1 Å². The molecule has 0 aromatic heterocycles. The molecule has 1 amide bonds. The van der Waals surface area contributed by atoms with Gasteiger partial charge in [0.05, 0.1) is 5.69 Å². The number of rotatable bonds is 5. The minimum atomic E-state index is -0.165. The van der Waals surface area contributed by atoms with Crippen LogP contribution in [0, 0.1) is 0 Å². The minimum absolute atomic E-state index is 0.165. The molecule has 0 radical (unpaired) electrons. The number of halogens is 1. The van der Waals surface area contributed by atoms with E-state index in [0.29, 0.717) is 23.1 Å². The van der Waals surface area contributed by atoms with E-state index in [1.165, 1.54) is 6.08 Å². The zero-order valence-corrected chi connectivity index (χ0v) is 12.9. The van der Waals surface area contributed by atoms with Gasteiger partial charge in [-0.1, -0.05) is 29.8 Å². The summed E-state index contributed by atoms with van der Waals surface area (Å²) in [6, 6.07) is 12.8. The van der Waals surface area contributed by atoms with Gasteiger partial charge in [-0.05, 0) is 41.5 Å². The number of hydrogen-bond donors (Lipinski definition) is 2. The van der Waals surface area contributed by atoms with Gasteiger partial charge in [-0.15, -0.1) is 0 Å². The minimum Gasteiger partial charge on any atom is -0.487 e. The molecule has 0 aliphatic rings. The Morgan fingerprint density at radius 1 is 1.27 bits per heavy atom. The second-order valence-electron chi connectivity index (χ2n) is 4.66. The van der Waals surface area contributed by atoms with Crippen molar-refractivity contribution in [1.29, 1.82) is 0 Å². The van der Waals surface area contributed by atoms with Crippen molar-refractivity contribution in [3.05, 3.63) is 64.7 Å². The van der Waals surface area contributed by atoms with E-state index < -0.39 is 0 Å². The monoisotopic (exact) mass is 316 g/mol. The first-order valence-electron chi connectivity index (χ1n) is 6.75. The maximum atomic E-state index is 11.2. The molecule has 114 valence electrons. The molecule has 2 aromatic rings. The van der Waals surface area contributed by atoms with Crippen molar-refractivity contribution in [1.82, 2.24) is 5.32 Å². The summed E-state index contributed by atoms with van der Waals surface area (Å²) in [5.74, 6) is 0.439. The molecule has 4 nitrogen and oxygen atoms in total. The van der Waals surface area contributed by atoms with E-state index in [1.54, 1.807) is 25.3 Å². The van der Waals surface area contributed by atoms with Crippen LogP contribution in [0.3, 0.4) is 0 Å². The van der Waals surface area contributed by atoms with Crippen LogP contribution in [0.5, 0.6) is 5.75 Å². The summed E-state index contributed by atoms with van der Waals surface area (Å²) in [7, 11) is 1.58. The van der Waals surface area contributed by atoms with Gasteiger partial charge in [0.2, 0.25) is 5.91 Å². The van der Waals surface area contributed by atoms with E-state index in [9.17, 15) is 4.79 Å². The van der Waals surface area contributed by atoms with E-state index in [1.807, 2.05) is 30.3 Å². The van der Waals surface area contributed by atoms with E-state index in [2.05, 4.69) is 5.32 Å². The van der Waals surface area contributed by atoms with Gasteiger partial charge in [-0.2, -0.15) is 0 Å². The van der Waals surface area contributed by atoms with E-state index in [4.69, 9.17) is 22.1 Å². The highest BCUT2D eigenvalue weighted by atomic mass is 35.5. The molecule has 0 heterocycles. The van der Waals surface area contributed by atoms with Crippen molar-refractivity contribution in [3.63, 3.8) is 0 Å². The largest absolute Gasteiger partial charge is 0.487 e. The number of carbonyl (C=O) groups is 1. The summed E-state index contributed by atoms with van der Waals surface area (Å²) in [4.78, 5) is 11.2. The summed E-state index contributed by atoms with van der Waals surface area (Å²) < 4.78 is 5.69. The number of benzene rings is 2. The Bertz CT molecular complexity index is 682. The lowest BCUT2D eigenvalue weighted by atomic mass is 10.1. The predicted octanol–water partition coefficient (Wildman–Crippen LogP) is 3.26. The zero-order valence-electron chi connectivity index (χ0n) is 12.2. The SMILES string of the molecule is CNC(=O)/C=C\c1ccc(OCc2ccc(Cl)cc2)c(N)c1. The lowest BCUT2D eigenvalue weighted by Gasteiger charge is -2.09. The van der Waals surface area contributed by atoms with E-state index >= 15 is 0 Å². The molecule has 0 fully saturated rings. The number of hydrogen-bond acceptors (Lipinski definition) is 3. The topological polar surface area (TPSA) is 64.3 Å². The summed E-state index contributed by atoms with van der Waals surface area (Å²) in [6.07, 6.45) is 3.14. The Morgan fingerprint density at radius 2 is 2.00 bits per heavy atom. The molecule has 0 aliphatic carbocycles. The van der Waals surface area contributed by atoms with Crippen molar-refractivity contribution in [2.75, 3.05) is 12.8 Å². The molecule has 22 heavy (non-hydrogen) atoms. The first-order valence-corrected chi connectivity index (χ1v) is 7.13. The van der Waals surface area contributed by atoms with Crippen LogP contribution in [0.4, 0.5) is 5.69 Å². The molecule has 2 rings (SSSR count). The number of ether oxygens (including phenoxy) is 1. The number of nitrogen functional groups attached to an aromatic ring is 1. The molecule has 0 saturated carbocycles. The summed E-state index contributed by atoms with van der Waals surface area (Å²) in [6.45, 7) is 0.412. The van der Waals surface area contributed by atoms with Gasteiger partial charge in [-0.3, -0.25) is 4.79 Å². The Labute approximate surface area is 134 Å². The number of anilines is 1. The third-order valence-electron chi connectivity index (χ3n) is 3.01. The van der Waals surface area contributed by atoms with Crippen LogP contribution in [0.15, 0.2) is 48.5 Å². The Kier molecular flexibility index (Phi) is 5.44. The van der Waals surface area contributed by atoms with E-state index in [-0.39, 0.29) is 5.91 Å². The van der Waals surface area contributed by atoms with Gasteiger partial charge in [-0.25, -0.2) is 0 Å². The highest BCUT2D eigenvalue weighted by molar-refractivity contribution is 6.30. The molecule has 3 N–H and O–H groups in total. The summed E-state index contributed by atoms with van der Waals surface area (Å²) >= 11 is 5.84. The fourth-order valence-corrected chi connectivity index (χ4v) is 1.93. The van der Waals surface area contributed by atoms with Gasteiger partial charge in [0.1, 0.15) is 12.4 Å². The highest BCUT2D eigenvalue weighted by Crippen LogP contribution is 2.24. The second-order valence-corrected chi connectivity index (χ2v) is 5.10. The van der Waals surface area contributed by atoms with Crippen molar-refractivity contribution in [2.24, 2.45) is 0 Å². The quantitative estimate of drug-likeness (QED) is 0.657. The number of nitrogens with two attached hydrogens (primary N) is 1. The van der Waals surface area contributed by atoms with Crippen molar-refractivity contribution >= 4 is 29.3 Å². The molecule has 0 saturated heterocycles. The van der Waals surface area contributed by atoms with Crippen LogP contribution in [0.2, 0.25) is 5.02 Å². The molecule has 0 spiro atoms. The van der Waals surface area contributed by atoms with Crippen molar-refractivity contribution < 1.29 is 9.53 Å². The van der Waals surface area contributed by atoms with Crippen LogP contribution in [-0.4, -0.2) is 13.0 Å². The van der Waals surface area contributed by atoms with Crippen LogP contribution in [0.25, 0.3) is 6.08 Å². The lowest BCUT2D eigenvalue weighted by molar-refractivity contribution is -0.115. The molecule has 0 atom stereocenters. The van der Waals surface area contributed by atoms with Gasteiger partial charge in [0.25, 0.3) is 0 Å². The number of amides is 1. The number of carbonyl (C=O) groups excluding carboxylic acids is 1. The van der Waals surface area contributed by atoms with Crippen LogP contribution in [-0.2, 0) is 11.4 Å². The Balaban J connectivity index is 2.02. The summed E-state index contributed by atoms with van der Waals surface area (Å²) in [5, 5.41) is 3.20. The second kappa shape index (κ2) is 7.52. The average molecular weight is 317 g/mol. The standard InChI is InChI=1S/C17H17ClN2O2/c1-20-17(21)9-5-12-4-8-16(15(19)10-12)22-11-13-2-6-14(18)7-3-13/h2-10H,11,19H2,1H3,(H,20,21)/b9-5-. The van der Waals surface area contributed by atoms with Gasteiger partial charge in [0.15, 0.2) is 0 Å². The van der Waals surface area contributed by atoms with Crippen LogP contribution >= 0.6 is 11.6 Å². The van der Waals surface area contributed by atoms with Crippen molar-refractivity contribution in [2.45, 2.75) is 6.61 Å². The summed E-state index contributed by atoms with van der Waals surface area (Å²) in [5.41, 5.74) is 8.33. The molecule has 0 unspecified atom stereocenters. The third kappa shape index (κ3) is 4.53. The van der Waals surface area contributed by atoms with Crippen molar-refractivity contribution in [3.8, 4) is 5.75 Å². The molecule has 0 bridgehead atoms. The smallest absolute Gasteiger partial charge is 0.243 e. The molecule has 5 heteroatoms. The first-order chi connectivity index (χ1) is 10.6. The highest BCUT2D eigenvalue weighted by Gasteiger charge is 2.02. The molecular formula is C17H17ClN2O2. The lowest BCUT2D eigenvalue weighted by Crippen LogP contribution is -2.13. The van der Waals surface area contributed by atoms with Gasteiger partial charge >= 0.3 is 0 Å². The van der Waals surface area contributed by atoms with Crippen LogP contribution < -0.4 is 15.8 Å². The van der Waals surface area contributed by atoms with E-state index in [0.717, 1.165) is 11.1 Å². The third-order valence-corrected chi connectivity index (χ3v) is 3.27. The molecular weight excluding hydrogens is 300 g/mol. The Hall–Kier alpha value is -2.46. The zero-order chi connectivity index (χ0) is 15.9. The fraction of sp³-hybridized carbons (Fsp3) is 0.118. The number of nitrogens with one attached hydrogen (secondary N) is 1. The maximum Gasteiger partial charge on any atom is 0.243 e. The first kappa shape index (κ1) is 15.9. The van der Waals surface area contributed by atoms with Gasteiger partial charge < -0.3 is 15.8 Å².